The van der Waals surface area contributed by atoms with Crippen LogP contribution in [-0.4, -0.2) is 23.0 Å². The maximum Gasteiger partial charge on any atom is 0.291 e. The molecule has 0 fully saturated rings. The largest absolute Gasteiger partial charge is 0.494 e. The van der Waals surface area contributed by atoms with Crippen molar-refractivity contribution in [3.05, 3.63) is 30.2 Å². The van der Waals surface area contributed by atoms with E-state index < -0.39 is 0 Å². The van der Waals surface area contributed by atoms with Gasteiger partial charge in [-0.2, -0.15) is 4.98 Å². The van der Waals surface area contributed by atoms with Gasteiger partial charge in [0.2, 0.25) is 12.1 Å². The van der Waals surface area contributed by atoms with Crippen molar-refractivity contribution in [3.63, 3.8) is 0 Å². The van der Waals surface area contributed by atoms with Gasteiger partial charge in [0.1, 0.15) is 5.75 Å². The van der Waals surface area contributed by atoms with Gasteiger partial charge in [0, 0.05) is 5.56 Å². The van der Waals surface area contributed by atoms with Crippen LogP contribution in [0.3, 0.4) is 0 Å². The minimum absolute atomic E-state index is 0.0307. The van der Waals surface area contributed by atoms with Crippen LogP contribution in [0.4, 0.5) is 0 Å². The molecule has 0 atom stereocenters. The van der Waals surface area contributed by atoms with E-state index >= 15 is 0 Å². The molecular formula is C11H10N2O3. The number of carbonyl (C=O) groups excluding carboxylic acids is 1. The Morgan fingerprint density at radius 1 is 1.50 bits per heavy atom. The summed E-state index contributed by atoms with van der Waals surface area (Å²) in [5, 5.41) is 3.69. The zero-order valence-corrected chi connectivity index (χ0v) is 8.71. The zero-order chi connectivity index (χ0) is 11.4. The number of benzene rings is 1. The zero-order valence-electron chi connectivity index (χ0n) is 8.71. The van der Waals surface area contributed by atoms with Gasteiger partial charge >= 0.3 is 0 Å². The summed E-state index contributed by atoms with van der Waals surface area (Å²) in [5.41, 5.74) is 0.753. The normalized spacial score (nSPS) is 10.1. The highest BCUT2D eigenvalue weighted by Crippen LogP contribution is 2.21. The van der Waals surface area contributed by atoms with Gasteiger partial charge in [0.05, 0.1) is 6.61 Å². The van der Waals surface area contributed by atoms with E-state index in [1.165, 1.54) is 0 Å². The van der Waals surface area contributed by atoms with Crippen LogP contribution in [0.5, 0.6) is 5.75 Å². The molecule has 16 heavy (non-hydrogen) atoms. The van der Waals surface area contributed by atoms with Crippen LogP contribution in [-0.2, 0) is 0 Å². The fraction of sp³-hybridized carbons (Fsp3) is 0.182. The number of hydrogen-bond donors (Lipinski definition) is 0. The second-order valence-electron chi connectivity index (χ2n) is 3.03. The van der Waals surface area contributed by atoms with E-state index in [4.69, 9.17) is 9.26 Å². The summed E-state index contributed by atoms with van der Waals surface area (Å²) < 4.78 is 10.0. The molecular weight excluding hydrogens is 208 g/mol. The Morgan fingerprint density at radius 3 is 3.06 bits per heavy atom. The third-order valence-corrected chi connectivity index (χ3v) is 1.95. The first-order valence-corrected chi connectivity index (χ1v) is 4.85. The Bertz CT molecular complexity index is 493. The molecule has 0 N–H and O–H groups in total. The number of hydrogen-bond acceptors (Lipinski definition) is 5. The number of rotatable bonds is 4. The lowest BCUT2D eigenvalue weighted by molar-refractivity contribution is 0.108. The van der Waals surface area contributed by atoms with Crippen molar-refractivity contribution < 1.29 is 14.1 Å². The summed E-state index contributed by atoms with van der Waals surface area (Å²) in [7, 11) is 0. The minimum atomic E-state index is -0.0307. The Balaban J connectivity index is 2.32. The van der Waals surface area contributed by atoms with Crippen LogP contribution < -0.4 is 4.74 Å². The first-order valence-electron chi connectivity index (χ1n) is 4.85. The molecule has 2 rings (SSSR count). The third-order valence-electron chi connectivity index (χ3n) is 1.95. The third kappa shape index (κ3) is 2.08. The molecule has 0 aliphatic rings. The molecule has 2 aromatic rings. The Kier molecular flexibility index (Phi) is 2.95. The van der Waals surface area contributed by atoms with Gasteiger partial charge < -0.3 is 9.26 Å². The quantitative estimate of drug-likeness (QED) is 0.734. The van der Waals surface area contributed by atoms with Gasteiger partial charge in [-0.1, -0.05) is 17.3 Å². The molecule has 0 saturated heterocycles. The lowest BCUT2D eigenvalue weighted by Crippen LogP contribution is -1.91. The first kappa shape index (κ1) is 10.4. The van der Waals surface area contributed by atoms with Gasteiger partial charge in [-0.15, -0.1) is 0 Å². The smallest absolute Gasteiger partial charge is 0.291 e. The van der Waals surface area contributed by atoms with Crippen molar-refractivity contribution in [2.75, 3.05) is 6.61 Å². The molecule has 1 heterocycles. The van der Waals surface area contributed by atoms with Gasteiger partial charge in [0.25, 0.3) is 5.89 Å². The molecule has 0 radical (unpaired) electrons. The molecule has 0 unspecified atom stereocenters. The second-order valence-corrected chi connectivity index (χ2v) is 3.03. The standard InChI is InChI=1S/C11H10N2O3/c1-2-15-9-5-3-4-8(6-9)11-12-10(7-14)16-13-11/h3-7H,2H2,1H3. The van der Waals surface area contributed by atoms with Gasteiger partial charge in [-0.05, 0) is 19.1 Å². The molecule has 0 amide bonds. The number of nitrogens with zero attached hydrogens (tertiary/aromatic N) is 2. The van der Waals surface area contributed by atoms with E-state index in [0.29, 0.717) is 18.7 Å². The summed E-state index contributed by atoms with van der Waals surface area (Å²) in [6.45, 7) is 2.50. The molecule has 5 heteroatoms. The highest BCUT2D eigenvalue weighted by atomic mass is 16.5. The number of aldehydes is 1. The summed E-state index contributed by atoms with van der Waals surface area (Å²) >= 11 is 0. The second kappa shape index (κ2) is 4.57. The summed E-state index contributed by atoms with van der Waals surface area (Å²) in [4.78, 5) is 14.3. The van der Waals surface area contributed by atoms with Crippen molar-refractivity contribution in [1.82, 2.24) is 10.1 Å². The fourth-order valence-corrected chi connectivity index (χ4v) is 1.29. The first-order chi connectivity index (χ1) is 7.83. The maximum absolute atomic E-state index is 10.4. The van der Waals surface area contributed by atoms with Crippen LogP contribution in [0.15, 0.2) is 28.8 Å². The summed E-state index contributed by atoms with van der Waals surface area (Å²) in [5.74, 6) is 1.08. The van der Waals surface area contributed by atoms with Crippen LogP contribution in [0.1, 0.15) is 17.6 Å². The van der Waals surface area contributed by atoms with Crippen molar-refractivity contribution in [2.24, 2.45) is 0 Å². The molecule has 0 bridgehead atoms. The van der Waals surface area contributed by atoms with Crippen LogP contribution in [0.25, 0.3) is 11.4 Å². The van der Waals surface area contributed by atoms with Gasteiger partial charge in [-0.3, -0.25) is 4.79 Å². The van der Waals surface area contributed by atoms with E-state index in [1.54, 1.807) is 6.07 Å². The molecule has 0 aliphatic carbocycles. The van der Waals surface area contributed by atoms with E-state index in [2.05, 4.69) is 10.1 Å². The van der Waals surface area contributed by atoms with E-state index in [9.17, 15) is 4.79 Å². The van der Waals surface area contributed by atoms with E-state index in [-0.39, 0.29) is 5.89 Å². The highest BCUT2D eigenvalue weighted by molar-refractivity contribution is 5.69. The molecule has 0 saturated carbocycles. The van der Waals surface area contributed by atoms with Crippen molar-refractivity contribution in [2.45, 2.75) is 6.92 Å². The number of ether oxygens (including phenoxy) is 1. The van der Waals surface area contributed by atoms with Gasteiger partial charge in [0.15, 0.2) is 0 Å². The van der Waals surface area contributed by atoms with E-state index in [1.807, 2.05) is 25.1 Å². The predicted molar refractivity (Wildman–Crippen MR) is 56.3 cm³/mol. The summed E-state index contributed by atoms with van der Waals surface area (Å²) in [6.07, 6.45) is 0.517. The minimum Gasteiger partial charge on any atom is -0.494 e. The monoisotopic (exact) mass is 218 g/mol. The lowest BCUT2D eigenvalue weighted by Gasteiger charge is -2.02. The SMILES string of the molecule is CCOc1cccc(-c2noc(C=O)n2)c1. The Labute approximate surface area is 92.0 Å². The average molecular weight is 218 g/mol. The van der Waals surface area contributed by atoms with Gasteiger partial charge in [-0.25, -0.2) is 0 Å². The number of carbonyl (C=O) groups is 1. The van der Waals surface area contributed by atoms with Crippen LogP contribution in [0, 0.1) is 0 Å². The number of aromatic nitrogens is 2. The molecule has 0 aliphatic heterocycles. The highest BCUT2D eigenvalue weighted by Gasteiger charge is 2.08. The predicted octanol–water partition coefficient (Wildman–Crippen LogP) is 1.95. The van der Waals surface area contributed by atoms with Crippen molar-refractivity contribution >= 4 is 6.29 Å². The maximum atomic E-state index is 10.4. The summed E-state index contributed by atoms with van der Waals surface area (Å²) in [6, 6.07) is 7.29. The molecule has 1 aromatic carbocycles. The van der Waals surface area contributed by atoms with E-state index in [0.717, 1.165) is 11.3 Å². The lowest BCUT2D eigenvalue weighted by atomic mass is 10.2. The average Bonchev–Trinajstić information content (AvgIpc) is 2.78. The molecule has 0 spiro atoms. The van der Waals surface area contributed by atoms with Crippen LogP contribution in [0.2, 0.25) is 0 Å². The van der Waals surface area contributed by atoms with Crippen molar-refractivity contribution in [1.29, 1.82) is 0 Å². The van der Waals surface area contributed by atoms with Crippen molar-refractivity contribution in [3.8, 4) is 17.1 Å². The fourth-order valence-electron chi connectivity index (χ4n) is 1.29. The molecule has 82 valence electrons. The topological polar surface area (TPSA) is 65.2 Å². The Hall–Kier alpha value is -2.17. The molecule has 1 aromatic heterocycles. The Morgan fingerprint density at radius 2 is 2.38 bits per heavy atom. The molecule has 5 nitrogen and oxygen atoms in total. The van der Waals surface area contributed by atoms with Crippen LogP contribution >= 0.6 is 0 Å².